The van der Waals surface area contributed by atoms with E-state index in [2.05, 4.69) is 34.8 Å². The van der Waals surface area contributed by atoms with E-state index in [1.54, 1.807) is 11.0 Å². The fourth-order valence-corrected chi connectivity index (χ4v) is 5.06. The van der Waals surface area contributed by atoms with Crippen molar-refractivity contribution in [2.75, 3.05) is 13.1 Å². The summed E-state index contributed by atoms with van der Waals surface area (Å²) >= 11 is 0. The summed E-state index contributed by atoms with van der Waals surface area (Å²) in [5, 5.41) is 10.5. The summed E-state index contributed by atoms with van der Waals surface area (Å²) in [6, 6.07) is 11.9. The summed E-state index contributed by atoms with van der Waals surface area (Å²) in [5.74, 6) is -0.684. The number of carbonyl (C=O) groups is 3. The van der Waals surface area contributed by atoms with Crippen molar-refractivity contribution in [1.82, 2.24) is 25.3 Å². The molecule has 1 fully saturated rings. The molecule has 0 radical (unpaired) electrons. The summed E-state index contributed by atoms with van der Waals surface area (Å²) in [5.41, 5.74) is 0.759. The second-order valence-corrected chi connectivity index (χ2v) is 9.96. The monoisotopic (exact) mass is 479 g/mol. The van der Waals surface area contributed by atoms with Crippen LogP contribution in [0.3, 0.4) is 0 Å². The maximum atomic E-state index is 13.5. The van der Waals surface area contributed by atoms with Crippen LogP contribution in [-0.4, -0.2) is 57.1 Å². The molecule has 1 aliphatic heterocycles. The van der Waals surface area contributed by atoms with Crippen molar-refractivity contribution < 1.29 is 14.4 Å². The third-order valence-corrected chi connectivity index (χ3v) is 7.22. The van der Waals surface area contributed by atoms with Gasteiger partial charge in [-0.05, 0) is 44.6 Å². The summed E-state index contributed by atoms with van der Waals surface area (Å²) in [7, 11) is 0. The van der Waals surface area contributed by atoms with Crippen molar-refractivity contribution in [2.45, 2.75) is 83.3 Å². The second kappa shape index (κ2) is 11.1. The normalized spacial score (nSPS) is 20.1. The molecule has 2 aliphatic rings. The quantitative estimate of drug-likeness (QED) is 0.511. The summed E-state index contributed by atoms with van der Waals surface area (Å²) < 4.78 is 1.54. The van der Waals surface area contributed by atoms with Gasteiger partial charge >= 0.3 is 0 Å². The molecule has 0 bridgehead atoms. The predicted molar refractivity (Wildman–Crippen MR) is 134 cm³/mol. The van der Waals surface area contributed by atoms with Gasteiger partial charge in [0.25, 0.3) is 11.8 Å². The number of hydrogen-bond acceptors (Lipinski definition) is 4. The summed E-state index contributed by atoms with van der Waals surface area (Å²) in [6.07, 6.45) is 7.60. The van der Waals surface area contributed by atoms with Crippen LogP contribution in [0, 0.1) is 0 Å². The molecular formula is C27H37N5O3. The molecule has 0 spiro atoms. The number of amides is 3. The molecule has 2 N–H and O–H groups in total. The van der Waals surface area contributed by atoms with Crippen molar-refractivity contribution in [1.29, 1.82) is 0 Å². The van der Waals surface area contributed by atoms with Gasteiger partial charge in [0.1, 0.15) is 11.2 Å². The maximum absolute atomic E-state index is 13.5. The maximum Gasteiger partial charge on any atom is 0.273 e. The lowest BCUT2D eigenvalue weighted by molar-refractivity contribution is -0.133. The third-order valence-electron chi connectivity index (χ3n) is 7.22. The fourth-order valence-electron chi connectivity index (χ4n) is 5.06. The Bertz CT molecular complexity index is 1040. The van der Waals surface area contributed by atoms with E-state index >= 15 is 0 Å². The topological polar surface area (TPSA) is 96.3 Å². The predicted octanol–water partition coefficient (Wildman–Crippen LogP) is 3.32. The van der Waals surface area contributed by atoms with Crippen LogP contribution >= 0.6 is 0 Å². The fraction of sp³-hybridized carbons (Fsp3) is 0.556. The van der Waals surface area contributed by atoms with E-state index in [1.807, 2.05) is 25.1 Å². The zero-order chi connectivity index (χ0) is 24.8. The Hall–Kier alpha value is -3.16. The lowest BCUT2D eigenvalue weighted by Crippen LogP contribution is -2.65. The van der Waals surface area contributed by atoms with Crippen LogP contribution in [0.25, 0.3) is 0 Å². The zero-order valence-electron chi connectivity index (χ0n) is 20.9. The van der Waals surface area contributed by atoms with E-state index in [-0.39, 0.29) is 36.0 Å². The molecule has 1 saturated carbocycles. The third kappa shape index (κ3) is 5.57. The van der Waals surface area contributed by atoms with Gasteiger partial charge in [-0.2, -0.15) is 5.10 Å². The number of aryl methyl sites for hydroxylation is 1. The number of benzene rings is 1. The lowest BCUT2D eigenvalue weighted by Gasteiger charge is -2.43. The molecule has 8 nitrogen and oxygen atoms in total. The van der Waals surface area contributed by atoms with Crippen LogP contribution in [0.5, 0.6) is 0 Å². The smallest absolute Gasteiger partial charge is 0.273 e. The molecule has 35 heavy (non-hydrogen) atoms. The van der Waals surface area contributed by atoms with Gasteiger partial charge in [-0.3, -0.25) is 19.1 Å². The van der Waals surface area contributed by atoms with Crippen molar-refractivity contribution in [3.8, 4) is 0 Å². The van der Waals surface area contributed by atoms with E-state index in [0.717, 1.165) is 51.4 Å². The zero-order valence-corrected chi connectivity index (χ0v) is 20.9. The van der Waals surface area contributed by atoms with Crippen molar-refractivity contribution >= 4 is 17.7 Å². The highest BCUT2D eigenvalue weighted by Crippen LogP contribution is 2.29. The molecule has 188 valence electrons. The highest BCUT2D eigenvalue weighted by atomic mass is 16.2. The number of nitrogens with zero attached hydrogens (tertiary/aromatic N) is 3. The molecule has 0 unspecified atom stereocenters. The van der Waals surface area contributed by atoms with E-state index in [0.29, 0.717) is 18.8 Å². The minimum Gasteiger partial charge on any atom is -0.351 e. The van der Waals surface area contributed by atoms with Crippen LogP contribution in [0.2, 0.25) is 0 Å². The summed E-state index contributed by atoms with van der Waals surface area (Å²) in [6.45, 7) is 5.13. The average molecular weight is 480 g/mol. The first kappa shape index (κ1) is 24.9. The van der Waals surface area contributed by atoms with Gasteiger partial charge in [-0.1, -0.05) is 56.5 Å². The van der Waals surface area contributed by atoms with E-state index in [9.17, 15) is 14.4 Å². The number of carbonyl (C=O) groups excluding carboxylic acids is 3. The van der Waals surface area contributed by atoms with Gasteiger partial charge in [0.15, 0.2) is 5.69 Å². The first-order valence-corrected chi connectivity index (χ1v) is 13.0. The highest BCUT2D eigenvalue weighted by Gasteiger charge is 2.48. The van der Waals surface area contributed by atoms with Gasteiger partial charge in [0, 0.05) is 25.2 Å². The van der Waals surface area contributed by atoms with Gasteiger partial charge in [-0.25, -0.2) is 0 Å². The molecule has 0 saturated heterocycles. The van der Waals surface area contributed by atoms with Gasteiger partial charge < -0.3 is 15.5 Å². The Morgan fingerprint density at radius 1 is 1.14 bits per heavy atom. The van der Waals surface area contributed by atoms with Gasteiger partial charge in [-0.15, -0.1) is 0 Å². The number of rotatable bonds is 10. The molecule has 3 amide bonds. The number of hydrogen-bond donors (Lipinski definition) is 2. The number of fused-ring (bicyclic) bond motifs is 1. The molecular weight excluding hydrogens is 442 g/mol. The Balaban J connectivity index is 1.45. The Labute approximate surface area is 207 Å². The Morgan fingerprint density at radius 3 is 2.60 bits per heavy atom. The largest absolute Gasteiger partial charge is 0.351 e. The molecule has 8 heteroatoms. The molecule has 1 atom stereocenters. The van der Waals surface area contributed by atoms with Gasteiger partial charge in [0.2, 0.25) is 5.91 Å². The lowest BCUT2D eigenvalue weighted by atomic mass is 9.94. The minimum atomic E-state index is -1.04. The average Bonchev–Trinajstić information content (AvgIpc) is 3.52. The molecule has 4 rings (SSSR count). The van der Waals surface area contributed by atoms with Crippen LogP contribution < -0.4 is 10.6 Å². The van der Waals surface area contributed by atoms with Crippen LogP contribution in [0.4, 0.5) is 0 Å². The van der Waals surface area contributed by atoms with E-state index in [4.69, 9.17) is 0 Å². The number of nitrogens with one attached hydrogen (secondary N) is 2. The summed E-state index contributed by atoms with van der Waals surface area (Å²) in [4.78, 5) is 41.3. The molecule has 2 aromatic rings. The molecule has 2 heterocycles. The first-order chi connectivity index (χ1) is 16.9. The van der Waals surface area contributed by atoms with Crippen LogP contribution in [-0.2, 0) is 17.8 Å². The number of aromatic nitrogens is 2. The molecule has 1 aliphatic carbocycles. The van der Waals surface area contributed by atoms with Crippen molar-refractivity contribution in [3.05, 3.63) is 53.3 Å². The standard InChI is InChI=1S/C27H37N5O3/c1-3-4-17-31-25(34)23-18-22(24(33)28-16-10-13-20-11-6-5-7-12-20)30-32(23)19-27(31,2)26(35)29-21-14-8-9-15-21/h5-7,11-12,18,21H,3-4,8-10,13-17,19H2,1-2H3,(H,28,33)(H,29,35)/t27-/m0/s1. The Morgan fingerprint density at radius 2 is 1.89 bits per heavy atom. The highest BCUT2D eigenvalue weighted by molar-refractivity contribution is 6.01. The van der Waals surface area contributed by atoms with E-state index < -0.39 is 5.54 Å². The first-order valence-electron chi connectivity index (χ1n) is 13.0. The second-order valence-electron chi connectivity index (χ2n) is 9.96. The number of unbranched alkanes of at least 4 members (excludes halogenated alkanes) is 1. The van der Waals surface area contributed by atoms with Crippen molar-refractivity contribution in [3.63, 3.8) is 0 Å². The molecule has 1 aromatic heterocycles. The SMILES string of the molecule is CCCCN1C(=O)c2cc(C(=O)NCCCc3ccccc3)nn2C[C@@]1(C)C(=O)NC1CCCC1. The Kier molecular flexibility index (Phi) is 7.88. The van der Waals surface area contributed by atoms with Crippen LogP contribution in [0.15, 0.2) is 36.4 Å². The van der Waals surface area contributed by atoms with Crippen molar-refractivity contribution in [2.24, 2.45) is 0 Å². The van der Waals surface area contributed by atoms with Gasteiger partial charge in [0.05, 0.1) is 6.54 Å². The van der Waals surface area contributed by atoms with Crippen LogP contribution in [0.1, 0.15) is 85.3 Å². The minimum absolute atomic E-state index is 0.137. The molecule has 1 aromatic carbocycles. The van der Waals surface area contributed by atoms with E-state index in [1.165, 1.54) is 10.2 Å².